The first-order valence-electron chi connectivity index (χ1n) is 12.6. The summed E-state index contributed by atoms with van der Waals surface area (Å²) >= 11 is 0.665. The van der Waals surface area contributed by atoms with Crippen molar-refractivity contribution in [2.45, 2.75) is 12.8 Å². The zero-order valence-corrected chi connectivity index (χ0v) is 22.9. The van der Waals surface area contributed by atoms with Crippen molar-refractivity contribution >= 4 is 51.4 Å². The van der Waals surface area contributed by atoms with E-state index in [2.05, 4.69) is 5.32 Å². The summed E-state index contributed by atoms with van der Waals surface area (Å²) in [6, 6.07) is 23.6. The predicted octanol–water partition coefficient (Wildman–Crippen LogP) is 7.12. The lowest BCUT2D eigenvalue weighted by atomic mass is 10.1. The predicted molar refractivity (Wildman–Crippen MR) is 154 cm³/mol. The summed E-state index contributed by atoms with van der Waals surface area (Å²) in [6.07, 6.45) is -3.11. The molecule has 1 aliphatic rings. The number of nitrogens with zero attached hydrogens (tertiary/aromatic N) is 1. The van der Waals surface area contributed by atoms with Gasteiger partial charge in [0.15, 0.2) is 0 Å². The standard InChI is InChI=1S/C31H23F3N2O5S/c1-40-26-14-11-22(31(32,33)34)16-25(26)35-28(37)17-36-29(38)27(42-30(36)39)15-19-9-12-23(13-10-19)41-18-21-7-4-6-20-5-2-3-8-24(20)21/h2-16H,17-18H2,1H3,(H,35,37)/b27-15-. The van der Waals surface area contributed by atoms with Crippen molar-refractivity contribution in [1.82, 2.24) is 4.90 Å². The minimum absolute atomic E-state index is 0.00469. The molecule has 3 amide bonds. The third-order valence-electron chi connectivity index (χ3n) is 6.43. The Morgan fingerprint density at radius 3 is 2.45 bits per heavy atom. The fraction of sp³-hybridized carbons (Fsp3) is 0.129. The van der Waals surface area contributed by atoms with E-state index in [1.807, 2.05) is 42.5 Å². The van der Waals surface area contributed by atoms with Gasteiger partial charge in [0.05, 0.1) is 23.3 Å². The molecule has 0 atom stereocenters. The maximum absolute atomic E-state index is 13.1. The Bertz CT molecular complexity index is 1700. The van der Waals surface area contributed by atoms with Gasteiger partial charge in [0, 0.05) is 0 Å². The minimum atomic E-state index is -4.63. The minimum Gasteiger partial charge on any atom is -0.495 e. The summed E-state index contributed by atoms with van der Waals surface area (Å²) in [5.74, 6) is -0.930. The number of ether oxygens (including phenoxy) is 2. The van der Waals surface area contributed by atoms with Crippen LogP contribution in [0.25, 0.3) is 16.8 Å². The van der Waals surface area contributed by atoms with E-state index in [4.69, 9.17) is 9.47 Å². The summed E-state index contributed by atoms with van der Waals surface area (Å²) in [5.41, 5.74) is 0.456. The van der Waals surface area contributed by atoms with Gasteiger partial charge in [-0.15, -0.1) is 0 Å². The Balaban J connectivity index is 1.22. The average Bonchev–Trinajstić information content (AvgIpc) is 3.23. The number of carbonyl (C=O) groups excluding carboxylic acids is 3. The highest BCUT2D eigenvalue weighted by Gasteiger charge is 2.37. The van der Waals surface area contributed by atoms with Crippen molar-refractivity contribution in [3.05, 3.63) is 107 Å². The number of methoxy groups -OCH3 is 1. The molecule has 0 spiro atoms. The largest absolute Gasteiger partial charge is 0.495 e. The molecule has 1 saturated heterocycles. The van der Waals surface area contributed by atoms with E-state index in [-0.39, 0.29) is 16.3 Å². The fourth-order valence-corrected chi connectivity index (χ4v) is 5.18. The molecule has 214 valence electrons. The topological polar surface area (TPSA) is 84.9 Å². The van der Waals surface area contributed by atoms with Crippen LogP contribution in [-0.2, 0) is 22.4 Å². The second-order valence-electron chi connectivity index (χ2n) is 9.22. The molecule has 1 heterocycles. The van der Waals surface area contributed by atoms with E-state index >= 15 is 0 Å². The van der Waals surface area contributed by atoms with Crippen molar-refractivity contribution < 1.29 is 37.0 Å². The first-order chi connectivity index (χ1) is 20.1. The average molecular weight is 593 g/mol. The Hall–Kier alpha value is -4.77. The van der Waals surface area contributed by atoms with Crippen LogP contribution in [0.1, 0.15) is 16.7 Å². The van der Waals surface area contributed by atoms with Gasteiger partial charge < -0.3 is 14.8 Å². The van der Waals surface area contributed by atoms with Crippen molar-refractivity contribution in [3.8, 4) is 11.5 Å². The Labute approximate surface area is 242 Å². The molecule has 1 aliphatic heterocycles. The van der Waals surface area contributed by atoms with Crippen LogP contribution in [0.4, 0.5) is 23.7 Å². The van der Waals surface area contributed by atoms with Gasteiger partial charge in [-0.3, -0.25) is 19.3 Å². The van der Waals surface area contributed by atoms with E-state index in [9.17, 15) is 27.6 Å². The van der Waals surface area contributed by atoms with Gasteiger partial charge in [-0.2, -0.15) is 13.2 Å². The lowest BCUT2D eigenvalue weighted by Crippen LogP contribution is -2.36. The first kappa shape index (κ1) is 28.7. The fourth-order valence-electron chi connectivity index (χ4n) is 4.34. The van der Waals surface area contributed by atoms with E-state index in [1.54, 1.807) is 24.3 Å². The summed E-state index contributed by atoms with van der Waals surface area (Å²) in [5, 5.41) is 3.85. The molecule has 11 heteroatoms. The lowest BCUT2D eigenvalue weighted by Gasteiger charge is -2.16. The smallest absolute Gasteiger partial charge is 0.416 e. The van der Waals surface area contributed by atoms with E-state index in [0.29, 0.717) is 29.7 Å². The van der Waals surface area contributed by atoms with Crippen LogP contribution in [0.2, 0.25) is 0 Å². The Morgan fingerprint density at radius 1 is 0.976 bits per heavy atom. The van der Waals surface area contributed by atoms with Crippen LogP contribution < -0.4 is 14.8 Å². The number of carbonyl (C=O) groups is 3. The molecule has 4 aromatic rings. The number of imide groups is 1. The molecule has 42 heavy (non-hydrogen) atoms. The second-order valence-corrected chi connectivity index (χ2v) is 10.2. The van der Waals surface area contributed by atoms with E-state index in [0.717, 1.165) is 39.4 Å². The third-order valence-corrected chi connectivity index (χ3v) is 7.34. The molecular weight excluding hydrogens is 569 g/mol. The van der Waals surface area contributed by atoms with Gasteiger partial charge in [0.2, 0.25) is 5.91 Å². The molecule has 0 bridgehead atoms. The monoisotopic (exact) mass is 592 g/mol. The molecule has 0 aromatic heterocycles. The molecule has 7 nitrogen and oxygen atoms in total. The molecule has 0 saturated carbocycles. The number of thioether (sulfide) groups is 1. The van der Waals surface area contributed by atoms with Gasteiger partial charge in [-0.25, -0.2) is 0 Å². The van der Waals surface area contributed by atoms with Crippen LogP contribution >= 0.6 is 11.8 Å². The number of halogens is 3. The van der Waals surface area contributed by atoms with Gasteiger partial charge in [-0.1, -0.05) is 54.6 Å². The summed E-state index contributed by atoms with van der Waals surface area (Å²) in [6.45, 7) is -0.309. The number of hydrogen-bond acceptors (Lipinski definition) is 6. The lowest BCUT2D eigenvalue weighted by molar-refractivity contribution is -0.137. The van der Waals surface area contributed by atoms with Gasteiger partial charge in [-0.05, 0) is 70.1 Å². The van der Waals surface area contributed by atoms with Crippen LogP contribution in [0.3, 0.4) is 0 Å². The Kier molecular flexibility index (Phi) is 8.21. The highest BCUT2D eigenvalue weighted by molar-refractivity contribution is 8.18. The summed E-state index contributed by atoms with van der Waals surface area (Å²) in [4.78, 5) is 38.8. The summed E-state index contributed by atoms with van der Waals surface area (Å²) < 4.78 is 50.3. The number of amides is 3. The molecule has 0 radical (unpaired) electrons. The highest BCUT2D eigenvalue weighted by Crippen LogP contribution is 2.36. The second kappa shape index (κ2) is 12.0. The number of anilines is 1. The van der Waals surface area contributed by atoms with Gasteiger partial charge in [0.1, 0.15) is 24.7 Å². The normalized spacial score (nSPS) is 14.5. The number of rotatable bonds is 8. The molecule has 1 fully saturated rings. The van der Waals surface area contributed by atoms with Crippen molar-refractivity contribution in [2.24, 2.45) is 0 Å². The van der Waals surface area contributed by atoms with Gasteiger partial charge in [0.25, 0.3) is 11.1 Å². The SMILES string of the molecule is COc1ccc(C(F)(F)F)cc1NC(=O)CN1C(=O)S/C(=C\c2ccc(OCc3cccc4ccccc34)cc2)C1=O. The summed E-state index contributed by atoms with van der Waals surface area (Å²) in [7, 11) is 1.24. The maximum atomic E-state index is 13.1. The third kappa shape index (κ3) is 6.41. The van der Waals surface area contributed by atoms with Crippen LogP contribution in [0, 0.1) is 0 Å². The molecule has 0 aliphatic carbocycles. The quantitative estimate of drug-likeness (QED) is 0.219. The highest BCUT2D eigenvalue weighted by atomic mass is 32.2. The molecule has 4 aromatic carbocycles. The maximum Gasteiger partial charge on any atom is 0.416 e. The van der Waals surface area contributed by atoms with E-state index in [1.165, 1.54) is 13.2 Å². The number of hydrogen-bond donors (Lipinski definition) is 1. The van der Waals surface area contributed by atoms with Crippen LogP contribution in [0.15, 0.2) is 89.8 Å². The van der Waals surface area contributed by atoms with E-state index < -0.39 is 35.3 Å². The zero-order valence-electron chi connectivity index (χ0n) is 22.1. The molecule has 0 unspecified atom stereocenters. The zero-order chi connectivity index (χ0) is 29.9. The van der Waals surface area contributed by atoms with Crippen molar-refractivity contribution in [3.63, 3.8) is 0 Å². The number of nitrogens with one attached hydrogen (secondary N) is 1. The number of benzene rings is 4. The molecule has 1 N–H and O–H groups in total. The van der Waals surface area contributed by atoms with Gasteiger partial charge >= 0.3 is 6.18 Å². The molecule has 5 rings (SSSR count). The van der Waals surface area contributed by atoms with Crippen LogP contribution in [0.5, 0.6) is 11.5 Å². The number of alkyl halides is 3. The molecular formula is C31H23F3N2O5S. The Morgan fingerprint density at radius 2 is 1.71 bits per heavy atom. The first-order valence-corrected chi connectivity index (χ1v) is 13.4. The van der Waals surface area contributed by atoms with Crippen LogP contribution in [-0.4, -0.2) is 35.6 Å². The van der Waals surface area contributed by atoms with Crippen molar-refractivity contribution in [2.75, 3.05) is 19.0 Å². The van der Waals surface area contributed by atoms with Crippen molar-refractivity contribution in [1.29, 1.82) is 0 Å². The number of fused-ring (bicyclic) bond motifs is 1.